The third kappa shape index (κ3) is 3.26. The minimum atomic E-state index is 0.227. The van der Waals surface area contributed by atoms with Crippen LogP contribution in [0.15, 0.2) is 0 Å². The zero-order chi connectivity index (χ0) is 11.8. The summed E-state index contributed by atoms with van der Waals surface area (Å²) in [5.74, 6) is 3.81. The maximum absolute atomic E-state index is 11.9. The Morgan fingerprint density at radius 1 is 1.25 bits per heavy atom. The molecule has 0 radical (unpaired) electrons. The zero-order valence-corrected chi connectivity index (χ0v) is 11.6. The van der Waals surface area contributed by atoms with Crippen molar-refractivity contribution in [1.29, 1.82) is 0 Å². The van der Waals surface area contributed by atoms with Gasteiger partial charge in [-0.25, -0.2) is 0 Å². The predicted molar refractivity (Wildman–Crippen MR) is 70.8 cm³/mol. The molecule has 3 atom stereocenters. The highest BCUT2D eigenvalue weighted by Crippen LogP contribution is 2.49. The van der Waals surface area contributed by atoms with E-state index in [2.05, 4.69) is 20.8 Å². The van der Waals surface area contributed by atoms with E-state index in [0.29, 0.717) is 5.78 Å². The molecule has 0 aromatic rings. The van der Waals surface area contributed by atoms with Crippen molar-refractivity contribution in [3.05, 3.63) is 0 Å². The molecule has 0 aliphatic heterocycles. The van der Waals surface area contributed by atoms with Gasteiger partial charge in [0.1, 0.15) is 5.78 Å². The van der Waals surface area contributed by atoms with E-state index < -0.39 is 0 Å². The Labute approximate surface area is 104 Å². The highest BCUT2D eigenvalue weighted by atomic mass is 32.2. The van der Waals surface area contributed by atoms with E-state index in [4.69, 9.17) is 0 Å². The minimum absolute atomic E-state index is 0.227. The van der Waals surface area contributed by atoms with Gasteiger partial charge >= 0.3 is 0 Å². The normalized spacial score (nSPS) is 33.3. The van der Waals surface area contributed by atoms with E-state index in [1.54, 1.807) is 11.8 Å². The summed E-state index contributed by atoms with van der Waals surface area (Å²) in [4.78, 5) is 11.9. The lowest BCUT2D eigenvalue weighted by atomic mass is 9.85. The number of thioether (sulfide) groups is 1. The molecule has 0 aromatic carbocycles. The molecular weight excluding hydrogens is 216 g/mol. The van der Waals surface area contributed by atoms with Crippen LogP contribution in [0.4, 0.5) is 0 Å². The Kier molecular flexibility index (Phi) is 3.68. The van der Waals surface area contributed by atoms with E-state index in [1.165, 1.54) is 25.7 Å². The summed E-state index contributed by atoms with van der Waals surface area (Å²) in [5, 5.41) is 0. The largest absolute Gasteiger partial charge is 0.299 e. The van der Waals surface area contributed by atoms with Gasteiger partial charge in [0.05, 0.1) is 5.75 Å². The smallest absolute Gasteiger partial charge is 0.143 e. The second kappa shape index (κ2) is 4.72. The van der Waals surface area contributed by atoms with Crippen LogP contribution in [0.2, 0.25) is 0 Å². The summed E-state index contributed by atoms with van der Waals surface area (Å²) in [7, 11) is 0. The van der Waals surface area contributed by atoms with E-state index in [1.807, 2.05) is 0 Å². The fourth-order valence-corrected chi connectivity index (χ4v) is 3.99. The number of carbonyl (C=O) groups excluding carboxylic acids is 1. The number of fused-ring (bicyclic) bond motifs is 2. The van der Waals surface area contributed by atoms with Crippen LogP contribution in [0.5, 0.6) is 0 Å². The third-order valence-electron chi connectivity index (χ3n) is 4.04. The van der Waals surface area contributed by atoms with Crippen molar-refractivity contribution in [2.24, 2.45) is 17.8 Å². The van der Waals surface area contributed by atoms with Crippen LogP contribution in [-0.2, 0) is 4.79 Å². The van der Waals surface area contributed by atoms with Gasteiger partial charge in [-0.3, -0.25) is 4.79 Å². The number of hydrogen-bond acceptors (Lipinski definition) is 2. The van der Waals surface area contributed by atoms with Crippen molar-refractivity contribution in [2.75, 3.05) is 5.75 Å². The number of hydrogen-bond donors (Lipinski definition) is 0. The van der Waals surface area contributed by atoms with E-state index in [0.717, 1.165) is 29.9 Å². The Bertz CT molecular complexity index is 266. The van der Waals surface area contributed by atoms with E-state index in [-0.39, 0.29) is 4.75 Å². The van der Waals surface area contributed by atoms with Crippen molar-refractivity contribution < 1.29 is 4.79 Å². The van der Waals surface area contributed by atoms with Gasteiger partial charge in [0, 0.05) is 11.2 Å². The molecule has 3 unspecified atom stereocenters. The van der Waals surface area contributed by atoms with Gasteiger partial charge in [0.25, 0.3) is 0 Å². The lowest BCUT2D eigenvalue weighted by Crippen LogP contribution is -2.18. The van der Waals surface area contributed by atoms with Crippen molar-refractivity contribution in [2.45, 2.75) is 57.6 Å². The average Bonchev–Trinajstić information content (AvgIpc) is 2.75. The quantitative estimate of drug-likeness (QED) is 0.741. The molecule has 0 heterocycles. The van der Waals surface area contributed by atoms with Crippen LogP contribution in [-0.4, -0.2) is 16.3 Å². The first kappa shape index (κ1) is 12.5. The molecule has 0 aromatic heterocycles. The first-order chi connectivity index (χ1) is 7.44. The Morgan fingerprint density at radius 3 is 2.50 bits per heavy atom. The molecule has 2 aliphatic carbocycles. The Morgan fingerprint density at radius 2 is 2.00 bits per heavy atom. The number of ketones is 1. The molecule has 0 N–H and O–H groups in total. The average molecular weight is 240 g/mol. The lowest BCUT2D eigenvalue weighted by Gasteiger charge is -2.22. The first-order valence-corrected chi connectivity index (χ1v) is 7.58. The summed E-state index contributed by atoms with van der Waals surface area (Å²) in [6.45, 7) is 6.55. The predicted octanol–water partition coefficient (Wildman–Crippen LogP) is 3.91. The molecule has 92 valence electrons. The number of carbonyl (C=O) groups is 1. The molecule has 2 heteroatoms. The Balaban J connectivity index is 1.72. The molecule has 1 nitrogen and oxygen atoms in total. The maximum Gasteiger partial charge on any atom is 0.143 e. The molecular formula is C14H24OS. The first-order valence-electron chi connectivity index (χ1n) is 6.60. The fraction of sp³-hybridized carbons (Fsp3) is 0.929. The highest BCUT2D eigenvalue weighted by Gasteiger charge is 2.39. The lowest BCUT2D eigenvalue weighted by molar-refractivity contribution is -0.117. The van der Waals surface area contributed by atoms with Crippen molar-refractivity contribution >= 4 is 17.5 Å². The van der Waals surface area contributed by atoms with Gasteiger partial charge in [-0.05, 0) is 37.0 Å². The van der Waals surface area contributed by atoms with Gasteiger partial charge in [0.15, 0.2) is 0 Å². The minimum Gasteiger partial charge on any atom is -0.299 e. The molecule has 2 aliphatic rings. The molecule has 0 amide bonds. The van der Waals surface area contributed by atoms with Gasteiger partial charge in [-0.1, -0.05) is 27.2 Å². The van der Waals surface area contributed by atoms with Crippen LogP contribution in [0.3, 0.4) is 0 Å². The number of Topliss-reactive ketones (excluding diaryl/α,β-unsaturated/α-hetero) is 1. The van der Waals surface area contributed by atoms with Crippen LogP contribution >= 0.6 is 11.8 Å². The summed E-state index contributed by atoms with van der Waals surface area (Å²) in [6.07, 6.45) is 6.46. The Hall–Kier alpha value is 0.0200. The summed E-state index contributed by atoms with van der Waals surface area (Å²) in [6, 6.07) is 0. The summed E-state index contributed by atoms with van der Waals surface area (Å²) >= 11 is 1.80. The highest BCUT2D eigenvalue weighted by molar-refractivity contribution is 8.01. The van der Waals surface area contributed by atoms with Gasteiger partial charge in [-0.15, -0.1) is 11.8 Å². The van der Waals surface area contributed by atoms with E-state index >= 15 is 0 Å². The van der Waals surface area contributed by atoms with Crippen LogP contribution in [0.25, 0.3) is 0 Å². The molecule has 2 rings (SSSR count). The van der Waals surface area contributed by atoms with E-state index in [9.17, 15) is 4.79 Å². The fourth-order valence-electron chi connectivity index (χ4n) is 3.27. The molecule has 2 saturated carbocycles. The van der Waals surface area contributed by atoms with Crippen LogP contribution in [0, 0.1) is 17.8 Å². The van der Waals surface area contributed by atoms with Crippen LogP contribution < -0.4 is 0 Å². The molecule has 0 saturated heterocycles. The van der Waals surface area contributed by atoms with Crippen LogP contribution in [0.1, 0.15) is 52.9 Å². The summed E-state index contributed by atoms with van der Waals surface area (Å²) < 4.78 is 0.227. The standard InChI is InChI=1S/C14H24OS/c1-14(2,3)16-9-13(15)8-12-7-10-4-5-11(12)6-10/h10-12H,4-9H2,1-3H3. The zero-order valence-electron chi connectivity index (χ0n) is 10.8. The van der Waals surface area contributed by atoms with Crippen molar-refractivity contribution in [3.8, 4) is 0 Å². The van der Waals surface area contributed by atoms with Gasteiger partial charge in [0.2, 0.25) is 0 Å². The van der Waals surface area contributed by atoms with Gasteiger partial charge < -0.3 is 0 Å². The summed E-state index contributed by atoms with van der Waals surface area (Å²) in [5.41, 5.74) is 0. The monoisotopic (exact) mass is 240 g/mol. The van der Waals surface area contributed by atoms with Crippen molar-refractivity contribution in [3.63, 3.8) is 0 Å². The molecule has 0 spiro atoms. The number of rotatable bonds is 4. The topological polar surface area (TPSA) is 17.1 Å². The molecule has 16 heavy (non-hydrogen) atoms. The molecule has 2 bridgehead atoms. The van der Waals surface area contributed by atoms with Crippen molar-refractivity contribution in [1.82, 2.24) is 0 Å². The molecule has 2 fully saturated rings. The second-order valence-electron chi connectivity index (χ2n) is 6.58. The van der Waals surface area contributed by atoms with Gasteiger partial charge in [-0.2, -0.15) is 0 Å². The maximum atomic E-state index is 11.9. The SMILES string of the molecule is CC(C)(C)SCC(=O)CC1CC2CCC1C2. The third-order valence-corrected chi connectivity index (χ3v) is 5.37. The second-order valence-corrected chi connectivity index (χ2v) is 8.38.